The van der Waals surface area contributed by atoms with E-state index in [1.165, 1.54) is 19.5 Å². The molecule has 0 saturated heterocycles. The number of rotatable bonds is 3. The van der Waals surface area contributed by atoms with E-state index in [-0.39, 0.29) is 16.4 Å². The van der Waals surface area contributed by atoms with Gasteiger partial charge < -0.3 is 9.16 Å². The lowest BCUT2D eigenvalue weighted by atomic mass is 10.2. The van der Waals surface area contributed by atoms with E-state index in [1.54, 1.807) is 0 Å². The van der Waals surface area contributed by atoms with E-state index >= 15 is 0 Å². The van der Waals surface area contributed by atoms with E-state index in [4.69, 9.17) is 4.43 Å². The predicted molar refractivity (Wildman–Crippen MR) is 76.0 cm³/mol. The molecule has 0 radical (unpaired) electrons. The van der Waals surface area contributed by atoms with Crippen molar-refractivity contribution in [1.82, 2.24) is 9.97 Å². The molecule has 1 aromatic rings. The highest BCUT2D eigenvalue weighted by molar-refractivity contribution is 6.75. The van der Waals surface area contributed by atoms with E-state index in [2.05, 4.69) is 14.7 Å². The normalized spacial score (nSPS) is 11.9. The first kappa shape index (κ1) is 16.3. The molecule has 0 saturated carbocycles. The van der Waals surface area contributed by atoms with Crippen LogP contribution in [0.3, 0.4) is 0 Å². The van der Waals surface area contributed by atoms with Crippen molar-refractivity contribution in [3.05, 3.63) is 23.8 Å². The number of carbonyl (C=O) groups excluding carboxylic acids is 2. The molecule has 0 bridgehead atoms. The largest absolute Gasteiger partial charge is 0.514 e. The van der Waals surface area contributed by atoms with Gasteiger partial charge in [0.05, 0.1) is 7.11 Å². The van der Waals surface area contributed by atoms with Gasteiger partial charge in [0.2, 0.25) is 0 Å². The fraction of sp³-hybridized carbons (Fsp3) is 0.538. The molecule has 7 heteroatoms. The Morgan fingerprint density at radius 1 is 1.05 bits per heavy atom. The molecule has 0 aliphatic rings. The maximum Gasteiger partial charge on any atom is 0.359 e. The fourth-order valence-electron chi connectivity index (χ4n) is 1.17. The standard InChI is InChI=1S/C13H20N2O4Si/c1-13(2,3)20(5,6)19-12(17)10-9(11(16)18-4)14-7-8-15-10/h7-8H,1-6H3. The Balaban J connectivity index is 3.09. The monoisotopic (exact) mass is 296 g/mol. The maximum atomic E-state index is 12.3. The Kier molecular flexibility index (Phi) is 4.64. The van der Waals surface area contributed by atoms with Crippen LogP contribution in [0.5, 0.6) is 0 Å². The molecular formula is C13H20N2O4Si. The Hall–Kier alpha value is -1.76. The van der Waals surface area contributed by atoms with Crippen LogP contribution >= 0.6 is 0 Å². The number of hydrogen-bond acceptors (Lipinski definition) is 6. The smallest absolute Gasteiger partial charge is 0.359 e. The molecule has 0 spiro atoms. The van der Waals surface area contributed by atoms with Crippen molar-refractivity contribution in [2.24, 2.45) is 0 Å². The van der Waals surface area contributed by atoms with Crippen molar-refractivity contribution in [3.8, 4) is 0 Å². The minimum atomic E-state index is -2.29. The summed E-state index contributed by atoms with van der Waals surface area (Å²) in [4.78, 5) is 31.6. The number of hydrogen-bond donors (Lipinski definition) is 0. The van der Waals surface area contributed by atoms with Gasteiger partial charge in [0.1, 0.15) is 0 Å². The number of carbonyl (C=O) groups is 2. The zero-order chi connectivity index (χ0) is 15.6. The molecule has 0 fully saturated rings. The minimum Gasteiger partial charge on any atom is -0.514 e. The van der Waals surface area contributed by atoms with Gasteiger partial charge in [-0.1, -0.05) is 20.8 Å². The minimum absolute atomic E-state index is 0.107. The first-order chi connectivity index (χ1) is 9.10. The summed E-state index contributed by atoms with van der Waals surface area (Å²) in [6.07, 6.45) is 2.67. The first-order valence-electron chi connectivity index (χ1n) is 6.23. The first-order valence-corrected chi connectivity index (χ1v) is 9.13. The van der Waals surface area contributed by atoms with E-state index < -0.39 is 20.3 Å². The van der Waals surface area contributed by atoms with Crippen LogP contribution in [0.25, 0.3) is 0 Å². The molecule has 0 N–H and O–H groups in total. The lowest BCUT2D eigenvalue weighted by Gasteiger charge is -2.35. The summed E-state index contributed by atoms with van der Waals surface area (Å²) in [6.45, 7) is 9.94. The number of ether oxygens (including phenoxy) is 1. The summed E-state index contributed by atoms with van der Waals surface area (Å²) in [5, 5.41) is -0.129. The van der Waals surface area contributed by atoms with Crippen LogP contribution in [0.2, 0.25) is 18.1 Å². The lowest BCUT2D eigenvalue weighted by molar-refractivity contribution is 0.0575. The number of esters is 1. The van der Waals surface area contributed by atoms with E-state index in [0.717, 1.165) is 0 Å². The second kappa shape index (κ2) is 5.70. The Labute approximate surface area is 119 Å². The van der Waals surface area contributed by atoms with Gasteiger partial charge in [-0.3, -0.25) is 0 Å². The summed E-state index contributed by atoms with van der Waals surface area (Å²) in [6, 6.07) is 0. The van der Waals surface area contributed by atoms with Crippen LogP contribution in [0.15, 0.2) is 12.4 Å². The van der Waals surface area contributed by atoms with Crippen LogP contribution in [0, 0.1) is 0 Å². The Morgan fingerprint density at radius 3 is 1.90 bits per heavy atom. The molecule has 0 unspecified atom stereocenters. The number of aromatic nitrogens is 2. The highest BCUT2D eigenvalue weighted by Gasteiger charge is 2.41. The van der Waals surface area contributed by atoms with Crippen molar-refractivity contribution in [1.29, 1.82) is 0 Å². The molecule has 0 atom stereocenters. The third kappa shape index (κ3) is 3.41. The average molecular weight is 296 g/mol. The number of nitrogens with zero attached hydrogens (tertiary/aromatic N) is 2. The van der Waals surface area contributed by atoms with Gasteiger partial charge in [-0.15, -0.1) is 0 Å². The molecular weight excluding hydrogens is 276 g/mol. The van der Waals surface area contributed by atoms with Crippen LogP contribution in [-0.2, 0) is 9.16 Å². The second-order valence-corrected chi connectivity index (χ2v) is 10.6. The van der Waals surface area contributed by atoms with Crippen LogP contribution in [-0.4, -0.2) is 37.3 Å². The van der Waals surface area contributed by atoms with Crippen molar-refractivity contribution < 1.29 is 18.8 Å². The quantitative estimate of drug-likeness (QED) is 0.629. The van der Waals surface area contributed by atoms with E-state index in [0.29, 0.717) is 0 Å². The van der Waals surface area contributed by atoms with Gasteiger partial charge in [0.25, 0.3) is 8.32 Å². The molecule has 0 amide bonds. The van der Waals surface area contributed by atoms with Gasteiger partial charge >= 0.3 is 11.9 Å². The summed E-state index contributed by atoms with van der Waals surface area (Å²) in [5.41, 5.74) is -0.233. The Bertz CT molecular complexity index is 523. The molecule has 1 rings (SSSR count). The Morgan fingerprint density at radius 2 is 1.50 bits per heavy atom. The molecule has 0 aliphatic heterocycles. The van der Waals surface area contributed by atoms with Crippen LogP contribution in [0.4, 0.5) is 0 Å². The van der Waals surface area contributed by atoms with E-state index in [1.807, 2.05) is 33.9 Å². The maximum absolute atomic E-state index is 12.3. The van der Waals surface area contributed by atoms with Crippen molar-refractivity contribution in [3.63, 3.8) is 0 Å². The third-order valence-electron chi connectivity index (χ3n) is 3.42. The van der Waals surface area contributed by atoms with Crippen molar-refractivity contribution >= 4 is 20.3 Å². The molecule has 20 heavy (non-hydrogen) atoms. The highest BCUT2D eigenvalue weighted by atomic mass is 28.4. The third-order valence-corrected chi connectivity index (χ3v) is 7.73. The van der Waals surface area contributed by atoms with Gasteiger partial charge in [-0.2, -0.15) is 0 Å². The summed E-state index contributed by atoms with van der Waals surface area (Å²) < 4.78 is 10.2. The fourth-order valence-corrected chi connectivity index (χ4v) is 2.03. The molecule has 0 aromatic carbocycles. The van der Waals surface area contributed by atoms with E-state index in [9.17, 15) is 9.59 Å². The predicted octanol–water partition coefficient (Wildman–Crippen LogP) is 2.43. The average Bonchev–Trinajstić information content (AvgIpc) is 2.36. The molecule has 6 nitrogen and oxygen atoms in total. The second-order valence-electron chi connectivity index (χ2n) is 5.89. The summed E-state index contributed by atoms with van der Waals surface area (Å²) >= 11 is 0. The molecule has 1 heterocycles. The van der Waals surface area contributed by atoms with Gasteiger partial charge in [0.15, 0.2) is 11.4 Å². The van der Waals surface area contributed by atoms with Gasteiger partial charge in [-0.25, -0.2) is 19.6 Å². The molecule has 1 aromatic heterocycles. The zero-order valence-electron chi connectivity index (χ0n) is 12.7. The van der Waals surface area contributed by atoms with Gasteiger partial charge in [-0.05, 0) is 18.1 Å². The number of methoxy groups -OCH3 is 1. The molecule has 110 valence electrons. The summed E-state index contributed by atoms with van der Waals surface area (Å²) in [7, 11) is -1.07. The lowest BCUT2D eigenvalue weighted by Crippen LogP contribution is -2.43. The highest BCUT2D eigenvalue weighted by Crippen LogP contribution is 2.37. The van der Waals surface area contributed by atoms with Crippen LogP contribution in [0.1, 0.15) is 41.7 Å². The van der Waals surface area contributed by atoms with Crippen LogP contribution < -0.4 is 0 Å². The SMILES string of the molecule is COC(=O)c1nccnc1C(=O)O[Si](C)(C)C(C)(C)C. The van der Waals surface area contributed by atoms with Crippen molar-refractivity contribution in [2.75, 3.05) is 7.11 Å². The van der Waals surface area contributed by atoms with Crippen molar-refractivity contribution in [2.45, 2.75) is 38.9 Å². The topological polar surface area (TPSA) is 78.4 Å². The molecule has 0 aliphatic carbocycles. The zero-order valence-corrected chi connectivity index (χ0v) is 13.7. The van der Waals surface area contributed by atoms with Gasteiger partial charge in [0, 0.05) is 12.4 Å². The summed E-state index contributed by atoms with van der Waals surface area (Å²) in [5.74, 6) is -1.34.